The minimum Gasteiger partial charge on any atom is -0.336 e. The molecule has 3 aromatic rings. The predicted molar refractivity (Wildman–Crippen MR) is 110 cm³/mol. The van der Waals surface area contributed by atoms with E-state index in [9.17, 15) is 4.79 Å². The standard InChI is InChI=1S/C22H23N3OS/c26-22(20-17-27-21(23-20)19-10-5-2-6-11-19)25-13-7-12-24(14-15-25)16-18-8-3-1-4-9-18/h1-6,8-11,17H,7,12-16H2. The van der Waals surface area contributed by atoms with Gasteiger partial charge in [0.25, 0.3) is 5.91 Å². The third kappa shape index (κ3) is 4.43. The second-order valence-corrected chi connectivity index (χ2v) is 7.67. The Bertz CT molecular complexity index is 879. The average molecular weight is 378 g/mol. The summed E-state index contributed by atoms with van der Waals surface area (Å²) in [6.45, 7) is 4.41. The van der Waals surface area contributed by atoms with Gasteiger partial charge >= 0.3 is 0 Å². The predicted octanol–water partition coefficient (Wildman–Crippen LogP) is 4.16. The van der Waals surface area contributed by atoms with Crippen LogP contribution in [0.1, 0.15) is 22.5 Å². The second-order valence-electron chi connectivity index (χ2n) is 6.81. The Hall–Kier alpha value is -2.50. The zero-order chi connectivity index (χ0) is 18.5. The number of carbonyl (C=O) groups excluding carboxylic acids is 1. The molecule has 2 heterocycles. The van der Waals surface area contributed by atoms with Gasteiger partial charge in [-0.25, -0.2) is 4.98 Å². The molecule has 4 rings (SSSR count). The molecule has 0 saturated carbocycles. The molecule has 27 heavy (non-hydrogen) atoms. The molecule has 0 radical (unpaired) electrons. The van der Waals surface area contributed by atoms with Gasteiger partial charge in [0.15, 0.2) is 0 Å². The summed E-state index contributed by atoms with van der Waals surface area (Å²) in [5.74, 6) is 0.0509. The first-order chi connectivity index (χ1) is 13.3. The van der Waals surface area contributed by atoms with E-state index < -0.39 is 0 Å². The molecule has 5 heteroatoms. The third-order valence-corrected chi connectivity index (χ3v) is 5.76. The van der Waals surface area contributed by atoms with Crippen molar-refractivity contribution in [2.75, 3.05) is 26.2 Å². The molecule has 1 saturated heterocycles. The number of carbonyl (C=O) groups is 1. The lowest BCUT2D eigenvalue weighted by Gasteiger charge is -2.21. The highest BCUT2D eigenvalue weighted by Gasteiger charge is 2.22. The molecule has 0 spiro atoms. The zero-order valence-electron chi connectivity index (χ0n) is 15.3. The van der Waals surface area contributed by atoms with Gasteiger partial charge in [0.1, 0.15) is 10.7 Å². The van der Waals surface area contributed by atoms with Gasteiger partial charge < -0.3 is 4.90 Å². The van der Waals surface area contributed by atoms with Crippen molar-refractivity contribution in [1.82, 2.24) is 14.8 Å². The fourth-order valence-electron chi connectivity index (χ4n) is 3.42. The number of hydrogen-bond acceptors (Lipinski definition) is 4. The molecule has 138 valence electrons. The maximum absolute atomic E-state index is 12.9. The Morgan fingerprint density at radius 1 is 0.926 bits per heavy atom. The lowest BCUT2D eigenvalue weighted by molar-refractivity contribution is 0.0756. The summed E-state index contributed by atoms with van der Waals surface area (Å²) >= 11 is 1.53. The first-order valence-electron chi connectivity index (χ1n) is 9.36. The fraction of sp³-hybridized carbons (Fsp3) is 0.273. The highest BCUT2D eigenvalue weighted by Crippen LogP contribution is 2.24. The topological polar surface area (TPSA) is 36.4 Å². The molecule has 0 unspecified atom stereocenters. The van der Waals surface area contributed by atoms with E-state index in [1.807, 2.05) is 46.7 Å². The van der Waals surface area contributed by atoms with E-state index in [1.54, 1.807) is 0 Å². The minimum atomic E-state index is 0.0509. The van der Waals surface area contributed by atoms with E-state index in [-0.39, 0.29) is 5.91 Å². The molecule has 1 aliphatic heterocycles. The molecular weight excluding hydrogens is 354 g/mol. The van der Waals surface area contributed by atoms with Gasteiger partial charge in [-0.1, -0.05) is 60.7 Å². The van der Waals surface area contributed by atoms with E-state index in [1.165, 1.54) is 16.9 Å². The third-order valence-electron chi connectivity index (χ3n) is 4.87. The molecular formula is C22H23N3OS. The molecule has 0 bridgehead atoms. The second kappa shape index (κ2) is 8.46. The number of rotatable bonds is 4. The Labute approximate surface area is 164 Å². The quantitative estimate of drug-likeness (QED) is 0.685. The van der Waals surface area contributed by atoms with Crippen LogP contribution in [0.2, 0.25) is 0 Å². The number of thiazole rings is 1. The summed E-state index contributed by atoms with van der Waals surface area (Å²) in [7, 11) is 0. The van der Waals surface area contributed by atoms with Crippen LogP contribution in [-0.2, 0) is 6.54 Å². The highest BCUT2D eigenvalue weighted by molar-refractivity contribution is 7.13. The summed E-state index contributed by atoms with van der Waals surface area (Å²) < 4.78 is 0. The van der Waals surface area contributed by atoms with Crippen molar-refractivity contribution in [1.29, 1.82) is 0 Å². The minimum absolute atomic E-state index is 0.0509. The zero-order valence-corrected chi connectivity index (χ0v) is 16.1. The van der Waals surface area contributed by atoms with Crippen LogP contribution in [0.25, 0.3) is 10.6 Å². The fourth-order valence-corrected chi connectivity index (χ4v) is 4.22. The van der Waals surface area contributed by atoms with Crippen LogP contribution in [0.3, 0.4) is 0 Å². The normalized spacial score (nSPS) is 15.5. The van der Waals surface area contributed by atoms with E-state index in [0.717, 1.165) is 49.7 Å². The molecule has 0 N–H and O–H groups in total. The number of amides is 1. The number of aromatic nitrogens is 1. The van der Waals surface area contributed by atoms with Crippen LogP contribution < -0.4 is 0 Å². The van der Waals surface area contributed by atoms with Crippen LogP contribution in [0.4, 0.5) is 0 Å². The number of benzene rings is 2. The molecule has 0 aliphatic carbocycles. The first kappa shape index (κ1) is 17.9. The Kier molecular flexibility index (Phi) is 5.61. The first-order valence-corrected chi connectivity index (χ1v) is 10.2. The van der Waals surface area contributed by atoms with Gasteiger partial charge in [-0.3, -0.25) is 9.69 Å². The van der Waals surface area contributed by atoms with Crippen molar-refractivity contribution in [3.63, 3.8) is 0 Å². The highest BCUT2D eigenvalue weighted by atomic mass is 32.1. The lowest BCUT2D eigenvalue weighted by atomic mass is 10.2. The van der Waals surface area contributed by atoms with E-state index >= 15 is 0 Å². The van der Waals surface area contributed by atoms with Crippen molar-refractivity contribution in [2.24, 2.45) is 0 Å². The van der Waals surface area contributed by atoms with Gasteiger partial charge in [-0.2, -0.15) is 0 Å². The maximum atomic E-state index is 12.9. The van der Waals surface area contributed by atoms with Crippen molar-refractivity contribution < 1.29 is 4.79 Å². The van der Waals surface area contributed by atoms with E-state index in [4.69, 9.17) is 0 Å². The molecule has 0 atom stereocenters. The van der Waals surface area contributed by atoms with Gasteiger partial charge in [0.2, 0.25) is 0 Å². The summed E-state index contributed by atoms with van der Waals surface area (Å²) in [4.78, 5) is 21.9. The average Bonchev–Trinajstić information content (AvgIpc) is 3.10. The molecule has 1 amide bonds. The summed E-state index contributed by atoms with van der Waals surface area (Å²) in [5.41, 5.74) is 2.95. The summed E-state index contributed by atoms with van der Waals surface area (Å²) in [6, 6.07) is 20.6. The van der Waals surface area contributed by atoms with Crippen molar-refractivity contribution in [3.05, 3.63) is 77.3 Å². The van der Waals surface area contributed by atoms with Crippen molar-refractivity contribution in [2.45, 2.75) is 13.0 Å². The van der Waals surface area contributed by atoms with Gasteiger partial charge in [0, 0.05) is 43.7 Å². The van der Waals surface area contributed by atoms with Crippen molar-refractivity contribution in [3.8, 4) is 10.6 Å². The van der Waals surface area contributed by atoms with Crippen LogP contribution in [0.5, 0.6) is 0 Å². The van der Waals surface area contributed by atoms with E-state index in [2.05, 4.69) is 34.1 Å². The van der Waals surface area contributed by atoms with Gasteiger partial charge in [0.05, 0.1) is 0 Å². The number of hydrogen-bond donors (Lipinski definition) is 0. The molecule has 1 aromatic heterocycles. The van der Waals surface area contributed by atoms with E-state index in [0.29, 0.717) is 5.69 Å². The van der Waals surface area contributed by atoms with Crippen LogP contribution >= 0.6 is 11.3 Å². The lowest BCUT2D eigenvalue weighted by Crippen LogP contribution is -2.35. The number of nitrogens with zero attached hydrogens (tertiary/aromatic N) is 3. The SMILES string of the molecule is O=C(c1csc(-c2ccccc2)n1)N1CCCN(Cc2ccccc2)CC1. The Morgan fingerprint density at radius 3 is 2.44 bits per heavy atom. The monoisotopic (exact) mass is 377 g/mol. The van der Waals surface area contributed by atoms with Gasteiger partial charge in [-0.05, 0) is 12.0 Å². The summed E-state index contributed by atoms with van der Waals surface area (Å²) in [6.07, 6.45) is 0.994. The molecule has 2 aromatic carbocycles. The van der Waals surface area contributed by atoms with Crippen molar-refractivity contribution >= 4 is 17.2 Å². The smallest absolute Gasteiger partial charge is 0.273 e. The van der Waals surface area contributed by atoms with Crippen LogP contribution in [0, 0.1) is 0 Å². The maximum Gasteiger partial charge on any atom is 0.273 e. The largest absolute Gasteiger partial charge is 0.336 e. The Balaban J connectivity index is 1.39. The molecule has 1 aliphatic rings. The van der Waals surface area contributed by atoms with Crippen LogP contribution in [-0.4, -0.2) is 46.9 Å². The summed E-state index contributed by atoms with van der Waals surface area (Å²) in [5, 5.41) is 2.79. The molecule has 1 fully saturated rings. The molecule has 4 nitrogen and oxygen atoms in total. The Morgan fingerprint density at radius 2 is 1.67 bits per heavy atom. The van der Waals surface area contributed by atoms with Crippen LogP contribution in [0.15, 0.2) is 66.0 Å². The van der Waals surface area contributed by atoms with Gasteiger partial charge in [-0.15, -0.1) is 11.3 Å².